The first-order valence-electron chi connectivity index (χ1n) is 10.7. The second-order valence-corrected chi connectivity index (χ2v) is 9.84. The molecule has 0 unspecified atom stereocenters. The third-order valence-corrected chi connectivity index (χ3v) is 6.29. The third-order valence-electron chi connectivity index (χ3n) is 4.66. The number of hydrogen-bond donors (Lipinski definition) is 1. The molecule has 1 amide bonds. The Labute approximate surface area is 236 Å². The van der Waals surface area contributed by atoms with Crippen molar-refractivity contribution in [3.63, 3.8) is 0 Å². The Balaban J connectivity index is 1.75. The maximum atomic E-state index is 12.7. The molecule has 3 aromatic carbocycles. The minimum Gasteiger partial charge on any atom is -0.490 e. The lowest BCUT2D eigenvalue weighted by atomic mass is 10.2. The average molecular weight is 657 g/mol. The second-order valence-electron chi connectivity index (χ2n) is 7.22. The highest BCUT2D eigenvalue weighted by Gasteiger charge is 2.13. The van der Waals surface area contributed by atoms with E-state index in [1.54, 1.807) is 42.5 Å². The van der Waals surface area contributed by atoms with E-state index in [1.807, 2.05) is 19.1 Å². The molecule has 36 heavy (non-hydrogen) atoms. The van der Waals surface area contributed by atoms with Gasteiger partial charge in [0, 0.05) is 31.2 Å². The quantitative estimate of drug-likeness (QED) is 0.130. The Morgan fingerprint density at radius 2 is 1.86 bits per heavy atom. The molecule has 0 aliphatic carbocycles. The first kappa shape index (κ1) is 28.1. The molecule has 0 aliphatic heterocycles. The van der Waals surface area contributed by atoms with Gasteiger partial charge < -0.3 is 14.2 Å². The second kappa shape index (κ2) is 13.7. The number of benzene rings is 3. The SMILES string of the molecule is C=CCOc1ccc(C(=O)N/N=C/c2cc(Br)cc(Br)c2OCc2ccc(Cl)cc2Cl)cc1OCC. The summed E-state index contributed by atoms with van der Waals surface area (Å²) in [5.74, 6) is 1.11. The highest BCUT2D eigenvalue weighted by atomic mass is 79.9. The van der Waals surface area contributed by atoms with E-state index < -0.39 is 5.91 Å². The smallest absolute Gasteiger partial charge is 0.271 e. The number of nitrogens with zero attached hydrogens (tertiary/aromatic N) is 1. The monoisotopic (exact) mass is 654 g/mol. The minimum absolute atomic E-state index is 0.212. The number of hydrogen-bond acceptors (Lipinski definition) is 5. The molecule has 0 saturated carbocycles. The van der Waals surface area contributed by atoms with E-state index in [9.17, 15) is 4.79 Å². The number of ether oxygens (including phenoxy) is 3. The van der Waals surface area contributed by atoms with Crippen molar-refractivity contribution in [1.29, 1.82) is 0 Å². The summed E-state index contributed by atoms with van der Waals surface area (Å²) in [5.41, 5.74) is 4.30. The number of hydrazone groups is 1. The van der Waals surface area contributed by atoms with Gasteiger partial charge in [-0.15, -0.1) is 0 Å². The summed E-state index contributed by atoms with van der Waals surface area (Å²) in [5, 5.41) is 5.17. The molecule has 0 atom stereocenters. The molecule has 0 spiro atoms. The first-order chi connectivity index (χ1) is 17.3. The van der Waals surface area contributed by atoms with E-state index in [1.165, 1.54) is 6.21 Å². The van der Waals surface area contributed by atoms with Gasteiger partial charge in [0.1, 0.15) is 19.0 Å². The fourth-order valence-electron chi connectivity index (χ4n) is 3.03. The Morgan fingerprint density at radius 1 is 1.06 bits per heavy atom. The van der Waals surface area contributed by atoms with Gasteiger partial charge in [-0.25, -0.2) is 5.43 Å². The van der Waals surface area contributed by atoms with Gasteiger partial charge in [-0.05, 0) is 65.3 Å². The zero-order valence-electron chi connectivity index (χ0n) is 19.2. The summed E-state index contributed by atoms with van der Waals surface area (Å²) in [7, 11) is 0. The van der Waals surface area contributed by atoms with E-state index >= 15 is 0 Å². The molecule has 0 radical (unpaired) electrons. The summed E-state index contributed by atoms with van der Waals surface area (Å²) in [6, 6.07) is 13.8. The molecule has 0 aliphatic rings. The van der Waals surface area contributed by atoms with Crippen LogP contribution in [0.15, 0.2) is 75.2 Å². The standard InChI is InChI=1S/C26H22Br2Cl2N2O4/c1-3-9-35-23-8-6-16(11-24(23)34-4-2)26(33)32-31-14-18-10-19(27)12-21(28)25(18)36-15-17-5-7-20(29)13-22(17)30/h3,5-8,10-14H,1,4,9,15H2,2H3,(H,32,33)/b31-14+. The lowest BCUT2D eigenvalue weighted by Gasteiger charge is -2.13. The molecular weight excluding hydrogens is 635 g/mol. The van der Waals surface area contributed by atoms with Gasteiger partial charge in [0.25, 0.3) is 5.91 Å². The van der Waals surface area contributed by atoms with Crippen LogP contribution >= 0.6 is 55.1 Å². The lowest BCUT2D eigenvalue weighted by Crippen LogP contribution is -2.18. The molecular formula is C26H22Br2Cl2N2O4. The lowest BCUT2D eigenvalue weighted by molar-refractivity contribution is 0.0954. The fraction of sp³-hybridized carbons (Fsp3) is 0.154. The zero-order valence-corrected chi connectivity index (χ0v) is 23.9. The van der Waals surface area contributed by atoms with Gasteiger partial charge in [0.05, 0.1) is 17.3 Å². The molecule has 3 rings (SSSR count). The van der Waals surface area contributed by atoms with E-state index in [4.69, 9.17) is 37.4 Å². The number of nitrogens with one attached hydrogen (secondary N) is 1. The van der Waals surface area contributed by atoms with Crippen molar-refractivity contribution in [3.05, 3.63) is 96.9 Å². The fourth-order valence-corrected chi connectivity index (χ4v) is 4.86. The Kier molecular flexibility index (Phi) is 10.7. The first-order valence-corrected chi connectivity index (χ1v) is 13.1. The summed E-state index contributed by atoms with van der Waals surface area (Å²) in [4.78, 5) is 12.7. The number of halogens is 4. The van der Waals surface area contributed by atoms with Crippen molar-refractivity contribution >= 4 is 67.2 Å². The van der Waals surface area contributed by atoms with Crippen molar-refractivity contribution in [2.75, 3.05) is 13.2 Å². The number of carbonyl (C=O) groups excluding carboxylic acids is 1. The predicted octanol–water partition coefficient (Wildman–Crippen LogP) is 7.82. The minimum atomic E-state index is -0.410. The highest BCUT2D eigenvalue weighted by Crippen LogP contribution is 2.33. The van der Waals surface area contributed by atoms with Gasteiger partial charge in [-0.2, -0.15) is 5.10 Å². The molecule has 1 N–H and O–H groups in total. The molecule has 10 heteroatoms. The Morgan fingerprint density at radius 3 is 2.58 bits per heavy atom. The van der Waals surface area contributed by atoms with Crippen LogP contribution in [-0.4, -0.2) is 25.3 Å². The molecule has 188 valence electrons. The van der Waals surface area contributed by atoms with Crippen molar-refractivity contribution in [2.24, 2.45) is 5.10 Å². The van der Waals surface area contributed by atoms with Gasteiger partial charge in [-0.3, -0.25) is 4.79 Å². The molecule has 6 nitrogen and oxygen atoms in total. The van der Waals surface area contributed by atoms with Crippen molar-refractivity contribution < 1.29 is 19.0 Å². The number of carbonyl (C=O) groups is 1. The predicted molar refractivity (Wildman–Crippen MR) is 151 cm³/mol. The number of amides is 1. The van der Waals surface area contributed by atoms with E-state index in [2.05, 4.69) is 49.0 Å². The number of rotatable bonds is 11. The zero-order chi connectivity index (χ0) is 26.1. The molecule has 0 aromatic heterocycles. The average Bonchev–Trinajstić information content (AvgIpc) is 2.83. The van der Waals surface area contributed by atoms with Crippen molar-refractivity contribution in [2.45, 2.75) is 13.5 Å². The molecule has 0 fully saturated rings. The van der Waals surface area contributed by atoms with Crippen molar-refractivity contribution in [1.82, 2.24) is 5.43 Å². The van der Waals surface area contributed by atoms with Crippen LogP contribution in [0.5, 0.6) is 17.2 Å². The highest BCUT2D eigenvalue weighted by molar-refractivity contribution is 9.11. The van der Waals surface area contributed by atoms with Crippen LogP contribution < -0.4 is 19.6 Å². The van der Waals surface area contributed by atoms with Crippen LogP contribution in [0.4, 0.5) is 0 Å². The molecule has 3 aromatic rings. The van der Waals surface area contributed by atoms with Crippen LogP contribution in [0.25, 0.3) is 0 Å². The van der Waals surface area contributed by atoms with Crippen LogP contribution in [-0.2, 0) is 6.61 Å². The maximum absolute atomic E-state index is 12.7. The van der Waals surface area contributed by atoms with Crippen LogP contribution in [0.3, 0.4) is 0 Å². The van der Waals surface area contributed by atoms with E-state index in [0.717, 1.165) is 10.0 Å². The largest absolute Gasteiger partial charge is 0.490 e. The van der Waals surface area contributed by atoms with Gasteiger partial charge >= 0.3 is 0 Å². The summed E-state index contributed by atoms with van der Waals surface area (Å²) < 4.78 is 18.7. The van der Waals surface area contributed by atoms with Crippen molar-refractivity contribution in [3.8, 4) is 17.2 Å². The van der Waals surface area contributed by atoms with Crippen LogP contribution in [0.1, 0.15) is 28.4 Å². The third kappa shape index (κ3) is 7.74. The molecule has 0 saturated heterocycles. The normalized spacial score (nSPS) is 10.8. The molecule has 0 bridgehead atoms. The summed E-state index contributed by atoms with van der Waals surface area (Å²) >= 11 is 19.2. The maximum Gasteiger partial charge on any atom is 0.271 e. The van der Waals surface area contributed by atoms with Crippen LogP contribution in [0.2, 0.25) is 10.0 Å². The van der Waals surface area contributed by atoms with Gasteiger partial charge in [0.15, 0.2) is 11.5 Å². The van der Waals surface area contributed by atoms with E-state index in [0.29, 0.717) is 56.1 Å². The van der Waals surface area contributed by atoms with E-state index in [-0.39, 0.29) is 6.61 Å². The summed E-state index contributed by atoms with van der Waals surface area (Å²) in [6.45, 7) is 6.45. The Hall–Kier alpha value is -2.52. The molecule has 0 heterocycles. The summed E-state index contributed by atoms with van der Waals surface area (Å²) in [6.07, 6.45) is 3.13. The van der Waals surface area contributed by atoms with Crippen LogP contribution in [0, 0.1) is 0 Å². The Bertz CT molecular complexity index is 1290. The van der Waals surface area contributed by atoms with Gasteiger partial charge in [-0.1, -0.05) is 57.9 Å². The topological polar surface area (TPSA) is 69.2 Å². The van der Waals surface area contributed by atoms with Gasteiger partial charge in [0.2, 0.25) is 0 Å².